The molecule has 3 aromatic rings. The van der Waals surface area contributed by atoms with E-state index in [9.17, 15) is 0 Å². The van der Waals surface area contributed by atoms with E-state index in [1.54, 1.807) is 11.8 Å². The van der Waals surface area contributed by atoms with Crippen LogP contribution in [-0.2, 0) is 9.31 Å². The van der Waals surface area contributed by atoms with Crippen LogP contribution in [0, 0.1) is 0 Å². The average molecular weight is 366 g/mol. The van der Waals surface area contributed by atoms with Gasteiger partial charge in [-0.3, -0.25) is 0 Å². The molecule has 2 heterocycles. The van der Waals surface area contributed by atoms with Crippen molar-refractivity contribution < 1.29 is 13.7 Å². The van der Waals surface area contributed by atoms with Gasteiger partial charge in [-0.2, -0.15) is 0 Å². The molecule has 5 heteroatoms. The zero-order chi connectivity index (χ0) is 18.5. The van der Waals surface area contributed by atoms with E-state index in [0.717, 1.165) is 32.7 Å². The minimum Gasteiger partial charge on any atom is -0.449 e. The van der Waals surface area contributed by atoms with Gasteiger partial charge in [0.25, 0.3) is 0 Å². The van der Waals surface area contributed by atoms with Crippen molar-refractivity contribution in [3.63, 3.8) is 0 Å². The highest BCUT2D eigenvalue weighted by atomic mass is 32.2. The summed E-state index contributed by atoms with van der Waals surface area (Å²) in [5.41, 5.74) is 3.48. The van der Waals surface area contributed by atoms with Crippen molar-refractivity contribution >= 4 is 35.3 Å². The van der Waals surface area contributed by atoms with Crippen LogP contribution in [0.1, 0.15) is 27.7 Å². The summed E-state index contributed by atoms with van der Waals surface area (Å²) >= 11 is 1.62. The van der Waals surface area contributed by atoms with Crippen molar-refractivity contribution in [1.29, 1.82) is 0 Å². The topological polar surface area (TPSA) is 31.6 Å². The molecule has 0 saturated carbocycles. The van der Waals surface area contributed by atoms with Gasteiger partial charge in [0.2, 0.25) is 0 Å². The highest BCUT2D eigenvalue weighted by Gasteiger charge is 2.51. The van der Waals surface area contributed by atoms with E-state index in [2.05, 4.69) is 58.0 Å². The third-order valence-corrected chi connectivity index (χ3v) is 6.11. The standard InChI is InChI=1S/C21H23BO3S/c1-20(2)21(3,4)25-22(24-20)15-11-12-17-16(13-15)18(19(23-17)26-5)14-9-7-6-8-10-14/h6-13H,1-5H3. The van der Waals surface area contributed by atoms with Gasteiger partial charge in [-0.25, -0.2) is 0 Å². The Balaban J connectivity index is 1.83. The van der Waals surface area contributed by atoms with Crippen LogP contribution < -0.4 is 5.46 Å². The molecule has 1 aromatic heterocycles. The fraction of sp³-hybridized carbons (Fsp3) is 0.333. The maximum atomic E-state index is 6.22. The Morgan fingerprint density at radius 2 is 1.54 bits per heavy atom. The lowest BCUT2D eigenvalue weighted by Crippen LogP contribution is -2.41. The molecule has 26 heavy (non-hydrogen) atoms. The van der Waals surface area contributed by atoms with Crippen LogP contribution in [-0.4, -0.2) is 24.6 Å². The fourth-order valence-corrected chi connectivity index (χ4v) is 3.85. The van der Waals surface area contributed by atoms with Crippen LogP contribution in [0.25, 0.3) is 22.1 Å². The highest BCUT2D eigenvalue weighted by molar-refractivity contribution is 7.98. The summed E-state index contributed by atoms with van der Waals surface area (Å²) in [6, 6.07) is 16.6. The van der Waals surface area contributed by atoms with Crippen molar-refractivity contribution in [3.8, 4) is 11.1 Å². The largest absolute Gasteiger partial charge is 0.494 e. The van der Waals surface area contributed by atoms with E-state index in [0.29, 0.717) is 0 Å². The molecule has 0 radical (unpaired) electrons. The zero-order valence-electron chi connectivity index (χ0n) is 15.8. The minimum absolute atomic E-state index is 0.351. The van der Waals surface area contributed by atoms with Gasteiger partial charge >= 0.3 is 7.12 Å². The van der Waals surface area contributed by atoms with Crippen LogP contribution in [0.3, 0.4) is 0 Å². The van der Waals surface area contributed by atoms with E-state index in [1.165, 1.54) is 0 Å². The van der Waals surface area contributed by atoms with Crippen molar-refractivity contribution in [1.82, 2.24) is 0 Å². The van der Waals surface area contributed by atoms with Crippen molar-refractivity contribution in [2.75, 3.05) is 6.26 Å². The lowest BCUT2D eigenvalue weighted by atomic mass is 9.78. The van der Waals surface area contributed by atoms with Crippen molar-refractivity contribution in [3.05, 3.63) is 48.5 Å². The van der Waals surface area contributed by atoms with E-state index >= 15 is 0 Å². The number of rotatable bonds is 3. The van der Waals surface area contributed by atoms with Crippen LogP contribution >= 0.6 is 11.8 Å². The molecule has 1 aliphatic rings. The summed E-state index contributed by atoms with van der Waals surface area (Å²) in [4.78, 5) is 0. The Hall–Kier alpha value is -1.69. The third-order valence-electron chi connectivity index (χ3n) is 5.45. The molecule has 0 aliphatic carbocycles. The number of furan rings is 1. The summed E-state index contributed by atoms with van der Waals surface area (Å²) in [5.74, 6) is 0. The first-order chi connectivity index (χ1) is 12.3. The van der Waals surface area contributed by atoms with Crippen LogP contribution in [0.5, 0.6) is 0 Å². The Morgan fingerprint density at radius 3 is 2.15 bits per heavy atom. The molecule has 2 aromatic carbocycles. The van der Waals surface area contributed by atoms with E-state index < -0.39 is 0 Å². The quantitative estimate of drug-likeness (QED) is 0.476. The Labute approximate surface area is 159 Å². The molecule has 0 bridgehead atoms. The zero-order valence-corrected chi connectivity index (χ0v) is 16.6. The van der Waals surface area contributed by atoms with Crippen molar-refractivity contribution in [2.24, 2.45) is 0 Å². The molecule has 0 amide bonds. The Bertz CT molecular complexity index is 931. The molecule has 0 unspecified atom stereocenters. The molecule has 0 N–H and O–H groups in total. The number of hydrogen-bond donors (Lipinski definition) is 0. The smallest absolute Gasteiger partial charge is 0.449 e. The van der Waals surface area contributed by atoms with Gasteiger partial charge in [0.15, 0.2) is 5.09 Å². The van der Waals surface area contributed by atoms with Gasteiger partial charge in [-0.05, 0) is 51.0 Å². The van der Waals surface area contributed by atoms with Gasteiger partial charge in [0.1, 0.15) is 5.58 Å². The summed E-state index contributed by atoms with van der Waals surface area (Å²) in [6.45, 7) is 8.30. The maximum Gasteiger partial charge on any atom is 0.494 e. The van der Waals surface area contributed by atoms with Crippen LogP contribution in [0.15, 0.2) is 58.0 Å². The molecule has 1 aliphatic heterocycles. The number of benzene rings is 2. The van der Waals surface area contributed by atoms with Gasteiger partial charge < -0.3 is 13.7 Å². The summed E-state index contributed by atoms with van der Waals surface area (Å²) in [6.07, 6.45) is 2.04. The Morgan fingerprint density at radius 1 is 0.885 bits per heavy atom. The molecule has 0 atom stereocenters. The number of fused-ring (bicyclic) bond motifs is 1. The average Bonchev–Trinajstić information content (AvgIpc) is 3.08. The molecule has 4 rings (SSSR count). The second-order valence-electron chi connectivity index (χ2n) is 7.68. The van der Waals surface area contributed by atoms with E-state index in [-0.39, 0.29) is 18.3 Å². The lowest BCUT2D eigenvalue weighted by Gasteiger charge is -2.32. The molecule has 3 nitrogen and oxygen atoms in total. The summed E-state index contributed by atoms with van der Waals surface area (Å²) < 4.78 is 18.5. The molecule has 1 saturated heterocycles. The fourth-order valence-electron chi connectivity index (χ4n) is 3.24. The highest BCUT2D eigenvalue weighted by Crippen LogP contribution is 2.40. The molecular formula is C21H23BO3S. The first-order valence-corrected chi connectivity index (χ1v) is 10.1. The van der Waals surface area contributed by atoms with Gasteiger partial charge in [-0.15, -0.1) is 0 Å². The molecular weight excluding hydrogens is 343 g/mol. The molecule has 134 valence electrons. The van der Waals surface area contributed by atoms with Crippen LogP contribution in [0.4, 0.5) is 0 Å². The predicted octanol–water partition coefficient (Wildman–Crippen LogP) is 5.12. The predicted molar refractivity (Wildman–Crippen MR) is 109 cm³/mol. The van der Waals surface area contributed by atoms with Gasteiger partial charge in [-0.1, -0.05) is 54.2 Å². The molecule has 1 fully saturated rings. The van der Waals surface area contributed by atoms with Gasteiger partial charge in [0, 0.05) is 10.9 Å². The van der Waals surface area contributed by atoms with E-state index in [1.807, 2.05) is 24.5 Å². The number of hydrogen-bond acceptors (Lipinski definition) is 4. The summed E-state index contributed by atoms with van der Waals surface area (Å²) in [7, 11) is -0.374. The van der Waals surface area contributed by atoms with Crippen molar-refractivity contribution in [2.45, 2.75) is 44.0 Å². The SMILES string of the molecule is CSc1oc2ccc(B3OC(C)(C)C(C)(C)O3)cc2c1-c1ccccc1. The lowest BCUT2D eigenvalue weighted by molar-refractivity contribution is 0.00578. The molecule has 0 spiro atoms. The first-order valence-electron chi connectivity index (χ1n) is 8.84. The number of thioether (sulfide) groups is 1. The second kappa shape index (κ2) is 6.19. The second-order valence-corrected chi connectivity index (χ2v) is 8.46. The third kappa shape index (κ3) is 2.79. The van der Waals surface area contributed by atoms with E-state index in [4.69, 9.17) is 13.7 Å². The maximum absolute atomic E-state index is 6.22. The van der Waals surface area contributed by atoms with Crippen LogP contribution in [0.2, 0.25) is 0 Å². The normalized spacial score (nSPS) is 18.6. The summed E-state index contributed by atoms with van der Waals surface area (Å²) in [5, 5.41) is 2.02. The Kier molecular flexibility index (Phi) is 4.22. The minimum atomic E-state index is -0.374. The monoisotopic (exact) mass is 366 g/mol. The first kappa shape index (κ1) is 17.7. The van der Waals surface area contributed by atoms with Gasteiger partial charge in [0.05, 0.1) is 11.2 Å².